The Morgan fingerprint density at radius 1 is 1.00 bits per heavy atom. The van der Waals surface area contributed by atoms with Gasteiger partial charge in [0.2, 0.25) is 5.91 Å². The summed E-state index contributed by atoms with van der Waals surface area (Å²) in [6.45, 7) is 12.2. The van der Waals surface area contributed by atoms with Crippen molar-refractivity contribution in [3.05, 3.63) is 23.5 Å². The zero-order chi connectivity index (χ0) is 24.7. The number of amides is 1. The molecule has 6 nitrogen and oxygen atoms in total. The van der Waals surface area contributed by atoms with Crippen LogP contribution in [0.1, 0.15) is 59.8 Å². The Balaban J connectivity index is 1.59. The van der Waals surface area contributed by atoms with E-state index in [-0.39, 0.29) is 39.6 Å². The van der Waals surface area contributed by atoms with Gasteiger partial charge in [0.05, 0.1) is 11.0 Å². The minimum absolute atomic E-state index is 0.0157. The van der Waals surface area contributed by atoms with E-state index in [0.29, 0.717) is 24.6 Å². The molecular formula is C27H42N2O4S. The average molecular weight is 491 g/mol. The molecule has 7 heteroatoms. The number of allylic oxidation sites excluding steroid dienone is 1. The number of sulfone groups is 1. The number of carbonyl (C=O) groups excluding carboxylic acids is 1. The molecule has 6 atom stereocenters. The lowest BCUT2D eigenvalue weighted by Crippen LogP contribution is -2.65. The summed E-state index contributed by atoms with van der Waals surface area (Å²) in [6, 6.07) is 0. The molecule has 0 radical (unpaired) electrons. The number of aliphatic hydroxyl groups excluding tert-OH is 1. The van der Waals surface area contributed by atoms with Crippen LogP contribution in [0, 0.1) is 34.0 Å². The SMILES string of the molecule is CN1CCN(C(=O)C2=CC(O)=CC3C2[C@]2(C)CC[C@H]4C(C)(C)CCC[C@]4(C)[C@H]2CS3(=O)=O)CC1. The van der Waals surface area contributed by atoms with E-state index in [1.54, 1.807) is 6.08 Å². The molecule has 1 amide bonds. The second-order valence-electron chi connectivity index (χ2n) is 13.1. The maximum atomic E-state index is 13.9. The Morgan fingerprint density at radius 2 is 1.68 bits per heavy atom. The Kier molecular flexibility index (Phi) is 5.61. The number of carbonyl (C=O) groups is 1. The first kappa shape index (κ1) is 24.4. The molecule has 190 valence electrons. The summed E-state index contributed by atoms with van der Waals surface area (Å²) in [5, 5.41) is 9.75. The zero-order valence-corrected chi connectivity index (χ0v) is 22.3. The molecule has 0 aromatic rings. The first-order valence-corrected chi connectivity index (χ1v) is 14.8. The topological polar surface area (TPSA) is 77.9 Å². The van der Waals surface area contributed by atoms with Gasteiger partial charge in [0.25, 0.3) is 0 Å². The highest BCUT2D eigenvalue weighted by atomic mass is 32.2. The number of nitrogens with zero attached hydrogens (tertiary/aromatic N) is 2. The summed E-state index contributed by atoms with van der Waals surface area (Å²) in [6.07, 6.45) is 8.49. The molecular weight excluding hydrogens is 448 g/mol. The Morgan fingerprint density at radius 3 is 2.35 bits per heavy atom. The number of hydrogen-bond donors (Lipinski definition) is 1. The predicted octanol–water partition coefficient (Wildman–Crippen LogP) is 3.80. The smallest absolute Gasteiger partial charge is 0.250 e. The van der Waals surface area contributed by atoms with Gasteiger partial charge >= 0.3 is 0 Å². The summed E-state index contributed by atoms with van der Waals surface area (Å²) in [5.74, 6) is 0.100. The monoisotopic (exact) mass is 490 g/mol. The number of fused-ring (bicyclic) bond motifs is 5. The van der Waals surface area contributed by atoms with Gasteiger partial charge in [-0.2, -0.15) is 0 Å². The molecule has 4 fully saturated rings. The lowest BCUT2D eigenvalue weighted by Gasteiger charge is -2.66. The number of likely N-dealkylation sites (N-methyl/N-ethyl adjacent to an activating group) is 1. The molecule has 1 N–H and O–H groups in total. The van der Waals surface area contributed by atoms with Gasteiger partial charge in [-0.3, -0.25) is 4.79 Å². The van der Waals surface area contributed by atoms with Crippen LogP contribution in [0.5, 0.6) is 0 Å². The van der Waals surface area contributed by atoms with Crippen molar-refractivity contribution in [2.45, 2.75) is 65.0 Å². The summed E-state index contributed by atoms with van der Waals surface area (Å²) in [7, 11) is -1.46. The Labute approximate surface area is 205 Å². The number of hydrogen-bond acceptors (Lipinski definition) is 5. The molecule has 5 rings (SSSR count). The van der Waals surface area contributed by atoms with Crippen LogP contribution in [0.3, 0.4) is 0 Å². The van der Waals surface area contributed by atoms with E-state index in [4.69, 9.17) is 0 Å². The van der Waals surface area contributed by atoms with Crippen molar-refractivity contribution >= 4 is 15.7 Å². The van der Waals surface area contributed by atoms with Crippen LogP contribution in [0.25, 0.3) is 0 Å². The van der Waals surface area contributed by atoms with Gasteiger partial charge < -0.3 is 14.9 Å². The number of piperazine rings is 1. The van der Waals surface area contributed by atoms with Crippen molar-refractivity contribution < 1.29 is 18.3 Å². The first-order chi connectivity index (χ1) is 15.8. The van der Waals surface area contributed by atoms with E-state index < -0.39 is 21.0 Å². The van der Waals surface area contributed by atoms with E-state index in [1.807, 2.05) is 4.90 Å². The van der Waals surface area contributed by atoms with Crippen molar-refractivity contribution in [1.82, 2.24) is 9.80 Å². The maximum Gasteiger partial charge on any atom is 0.250 e. The van der Waals surface area contributed by atoms with Gasteiger partial charge in [-0.25, -0.2) is 8.42 Å². The van der Waals surface area contributed by atoms with Crippen molar-refractivity contribution in [2.75, 3.05) is 39.0 Å². The first-order valence-electron chi connectivity index (χ1n) is 13.1. The summed E-state index contributed by atoms with van der Waals surface area (Å²) in [5.41, 5.74) is 0.369. The molecule has 0 aromatic carbocycles. The normalized spacial score (nSPS) is 43.6. The van der Waals surface area contributed by atoms with E-state index >= 15 is 0 Å². The van der Waals surface area contributed by atoms with Gasteiger partial charge in [-0.1, -0.05) is 34.1 Å². The van der Waals surface area contributed by atoms with Crippen molar-refractivity contribution in [3.63, 3.8) is 0 Å². The van der Waals surface area contributed by atoms with Gasteiger partial charge in [0, 0.05) is 37.7 Å². The molecule has 2 saturated carbocycles. The molecule has 2 aliphatic heterocycles. The molecule has 3 aliphatic carbocycles. The lowest BCUT2D eigenvalue weighted by molar-refractivity contribution is -0.143. The maximum absolute atomic E-state index is 13.9. The third-order valence-electron chi connectivity index (χ3n) is 10.7. The largest absolute Gasteiger partial charge is 0.508 e. The lowest BCUT2D eigenvalue weighted by atomic mass is 9.41. The highest BCUT2D eigenvalue weighted by Crippen LogP contribution is 2.69. The Bertz CT molecular complexity index is 1040. The van der Waals surface area contributed by atoms with Crippen LogP contribution in [-0.2, 0) is 14.6 Å². The van der Waals surface area contributed by atoms with Crippen LogP contribution < -0.4 is 0 Å². The van der Waals surface area contributed by atoms with Crippen molar-refractivity contribution in [1.29, 1.82) is 0 Å². The average Bonchev–Trinajstić information content (AvgIpc) is 2.74. The van der Waals surface area contributed by atoms with E-state index in [1.165, 1.54) is 12.5 Å². The van der Waals surface area contributed by atoms with E-state index in [0.717, 1.165) is 38.8 Å². The second kappa shape index (κ2) is 7.83. The van der Waals surface area contributed by atoms with Gasteiger partial charge in [0.1, 0.15) is 5.76 Å². The summed E-state index contributed by atoms with van der Waals surface area (Å²) >= 11 is 0. The van der Waals surface area contributed by atoms with Crippen LogP contribution >= 0.6 is 0 Å². The fourth-order valence-electron chi connectivity index (χ4n) is 8.95. The van der Waals surface area contributed by atoms with E-state index in [9.17, 15) is 18.3 Å². The quantitative estimate of drug-likeness (QED) is 0.605. The van der Waals surface area contributed by atoms with E-state index in [2.05, 4.69) is 39.6 Å². The second-order valence-corrected chi connectivity index (χ2v) is 15.3. The van der Waals surface area contributed by atoms with Gasteiger partial charge in [0.15, 0.2) is 9.84 Å². The molecule has 0 bridgehead atoms. The minimum Gasteiger partial charge on any atom is -0.508 e. The molecule has 2 heterocycles. The van der Waals surface area contributed by atoms with Crippen LogP contribution in [-0.4, -0.2) is 73.5 Å². The zero-order valence-electron chi connectivity index (χ0n) is 21.5. The van der Waals surface area contributed by atoms with Crippen molar-refractivity contribution in [3.8, 4) is 0 Å². The third kappa shape index (κ3) is 3.51. The number of rotatable bonds is 1. The fourth-order valence-corrected chi connectivity index (χ4v) is 11.6. The molecule has 5 aliphatic rings. The highest BCUT2D eigenvalue weighted by Gasteiger charge is 2.66. The molecule has 34 heavy (non-hydrogen) atoms. The standard InChI is InChI=1S/C27H42N2O4S/c1-25(2)8-6-9-26(3)21(25)7-10-27(4)22(26)17-34(32,33)20-16-18(30)15-19(23(20)27)24(31)29-13-11-28(5)12-14-29/h15-16,20-23,30H,6-14,17H2,1-5H3/t20?,21-,22+,23?,26-,27+/m0/s1. The molecule has 2 unspecified atom stereocenters. The predicted molar refractivity (Wildman–Crippen MR) is 134 cm³/mol. The number of aliphatic hydroxyl groups is 1. The minimum atomic E-state index is -3.51. The summed E-state index contributed by atoms with van der Waals surface area (Å²) in [4.78, 5) is 17.9. The van der Waals surface area contributed by atoms with Crippen molar-refractivity contribution in [2.24, 2.45) is 34.0 Å². The van der Waals surface area contributed by atoms with Gasteiger partial charge in [-0.15, -0.1) is 0 Å². The van der Waals surface area contributed by atoms with Crippen LogP contribution in [0.4, 0.5) is 0 Å². The van der Waals surface area contributed by atoms with Gasteiger partial charge in [-0.05, 0) is 73.0 Å². The summed E-state index contributed by atoms with van der Waals surface area (Å²) < 4.78 is 27.6. The Hall–Kier alpha value is -1.34. The molecule has 0 aromatic heterocycles. The molecule has 0 spiro atoms. The highest BCUT2D eigenvalue weighted by molar-refractivity contribution is 7.92. The molecule has 2 saturated heterocycles. The van der Waals surface area contributed by atoms with Crippen LogP contribution in [0.15, 0.2) is 23.5 Å². The van der Waals surface area contributed by atoms with Crippen LogP contribution in [0.2, 0.25) is 0 Å². The fraction of sp³-hybridized carbons (Fsp3) is 0.815. The third-order valence-corrected chi connectivity index (χ3v) is 12.7.